The minimum absolute atomic E-state index is 0.910. The van der Waals surface area contributed by atoms with Gasteiger partial charge in [0.2, 0.25) is 0 Å². The Labute approximate surface area is 148 Å². The predicted octanol–water partition coefficient (Wildman–Crippen LogP) is 5.22. The molecule has 5 heteroatoms. The summed E-state index contributed by atoms with van der Waals surface area (Å²) in [6.45, 7) is 0. The van der Waals surface area contributed by atoms with E-state index in [9.17, 15) is 0 Å². The molecule has 0 unspecified atom stereocenters. The number of thiazole rings is 1. The molecule has 1 N–H and O–H groups in total. The molecule has 0 spiro atoms. The Balaban J connectivity index is 1.77. The molecule has 1 aromatic heterocycles. The number of halogens is 1. The molecular formula is C17H16IN3S. The summed E-state index contributed by atoms with van der Waals surface area (Å²) in [6, 6.07) is 16.7. The van der Waals surface area contributed by atoms with Crippen molar-refractivity contribution in [2.45, 2.75) is 0 Å². The summed E-state index contributed by atoms with van der Waals surface area (Å²) < 4.78 is 1.23. The lowest BCUT2D eigenvalue weighted by Crippen LogP contribution is -2.07. The molecule has 0 saturated heterocycles. The van der Waals surface area contributed by atoms with Crippen LogP contribution < -0.4 is 10.2 Å². The molecule has 1 heterocycles. The standard InChI is InChI=1S/C17H16IN3S/c1-21(2)15-9-3-12(4-10-15)16-11-22-17(20-16)19-14-7-5-13(18)6-8-14/h3-11H,1-2H3,(H,19,20). The van der Waals surface area contributed by atoms with Crippen LogP contribution in [0.15, 0.2) is 53.9 Å². The molecule has 0 bridgehead atoms. The number of nitrogens with one attached hydrogen (secondary N) is 1. The molecule has 0 aliphatic carbocycles. The Morgan fingerprint density at radius 3 is 2.32 bits per heavy atom. The molecule has 0 amide bonds. The molecule has 3 aromatic rings. The lowest BCUT2D eigenvalue weighted by Gasteiger charge is -2.12. The normalized spacial score (nSPS) is 10.5. The summed E-state index contributed by atoms with van der Waals surface area (Å²) in [5.74, 6) is 0. The van der Waals surface area contributed by atoms with Crippen molar-refractivity contribution in [1.82, 2.24) is 4.98 Å². The van der Waals surface area contributed by atoms with E-state index >= 15 is 0 Å². The molecule has 3 rings (SSSR count). The molecule has 2 aromatic carbocycles. The fourth-order valence-corrected chi connectivity index (χ4v) is 3.15. The lowest BCUT2D eigenvalue weighted by atomic mass is 10.1. The van der Waals surface area contributed by atoms with Crippen LogP contribution in [-0.2, 0) is 0 Å². The van der Waals surface area contributed by atoms with Gasteiger partial charge in [0.15, 0.2) is 5.13 Å². The fourth-order valence-electron chi connectivity index (χ4n) is 2.05. The average Bonchev–Trinajstić information content (AvgIpc) is 2.98. The summed E-state index contributed by atoms with van der Waals surface area (Å²) in [5, 5.41) is 6.34. The van der Waals surface area contributed by atoms with Crippen molar-refractivity contribution in [1.29, 1.82) is 0 Å². The van der Waals surface area contributed by atoms with E-state index in [1.807, 2.05) is 14.1 Å². The smallest absolute Gasteiger partial charge is 0.187 e. The van der Waals surface area contributed by atoms with Crippen LogP contribution in [0.5, 0.6) is 0 Å². The maximum absolute atomic E-state index is 4.66. The van der Waals surface area contributed by atoms with E-state index in [2.05, 4.69) is 91.7 Å². The third-order valence-electron chi connectivity index (χ3n) is 3.28. The molecule has 0 aliphatic heterocycles. The zero-order valence-electron chi connectivity index (χ0n) is 12.4. The molecular weight excluding hydrogens is 405 g/mol. The monoisotopic (exact) mass is 421 g/mol. The van der Waals surface area contributed by atoms with Crippen LogP contribution >= 0.6 is 33.9 Å². The Bertz CT molecular complexity index is 748. The van der Waals surface area contributed by atoms with E-state index in [0.29, 0.717) is 0 Å². The van der Waals surface area contributed by atoms with Gasteiger partial charge in [0.25, 0.3) is 0 Å². The third-order valence-corrected chi connectivity index (χ3v) is 4.76. The van der Waals surface area contributed by atoms with Crippen molar-refractivity contribution in [3.8, 4) is 11.3 Å². The third kappa shape index (κ3) is 3.59. The van der Waals surface area contributed by atoms with Gasteiger partial charge in [-0.1, -0.05) is 12.1 Å². The average molecular weight is 421 g/mol. The number of rotatable bonds is 4. The molecule has 3 nitrogen and oxygen atoms in total. The maximum atomic E-state index is 4.66. The van der Waals surface area contributed by atoms with Gasteiger partial charge in [-0.05, 0) is 59.0 Å². The quantitative estimate of drug-likeness (QED) is 0.586. The van der Waals surface area contributed by atoms with E-state index in [1.165, 1.54) is 9.26 Å². The largest absolute Gasteiger partial charge is 0.378 e. The van der Waals surface area contributed by atoms with E-state index in [4.69, 9.17) is 0 Å². The van der Waals surface area contributed by atoms with Crippen molar-refractivity contribution in [3.05, 3.63) is 57.5 Å². The Morgan fingerprint density at radius 2 is 1.68 bits per heavy atom. The number of benzene rings is 2. The van der Waals surface area contributed by atoms with Crippen LogP contribution in [-0.4, -0.2) is 19.1 Å². The SMILES string of the molecule is CN(C)c1ccc(-c2csc(Nc3ccc(I)cc3)n2)cc1. The first kappa shape index (κ1) is 15.3. The van der Waals surface area contributed by atoms with Gasteiger partial charge in [-0.15, -0.1) is 11.3 Å². The topological polar surface area (TPSA) is 28.2 Å². The van der Waals surface area contributed by atoms with Crippen molar-refractivity contribution < 1.29 is 0 Å². The van der Waals surface area contributed by atoms with Gasteiger partial charge in [0.1, 0.15) is 0 Å². The van der Waals surface area contributed by atoms with Crippen LogP contribution in [0.2, 0.25) is 0 Å². The summed E-state index contributed by atoms with van der Waals surface area (Å²) in [7, 11) is 4.09. The van der Waals surface area contributed by atoms with E-state index in [0.717, 1.165) is 22.1 Å². The van der Waals surface area contributed by atoms with Crippen LogP contribution in [0.1, 0.15) is 0 Å². The Hall–Kier alpha value is -1.60. The second-order valence-electron chi connectivity index (χ2n) is 5.11. The molecule has 0 radical (unpaired) electrons. The number of hydrogen-bond acceptors (Lipinski definition) is 4. The highest BCUT2D eigenvalue weighted by molar-refractivity contribution is 14.1. The van der Waals surface area contributed by atoms with Crippen molar-refractivity contribution in [2.24, 2.45) is 0 Å². The van der Waals surface area contributed by atoms with E-state index in [-0.39, 0.29) is 0 Å². The van der Waals surface area contributed by atoms with Gasteiger partial charge in [0.05, 0.1) is 5.69 Å². The zero-order chi connectivity index (χ0) is 15.5. The fraction of sp³-hybridized carbons (Fsp3) is 0.118. The minimum atomic E-state index is 0.910. The molecule has 0 saturated carbocycles. The number of aromatic nitrogens is 1. The van der Waals surface area contributed by atoms with Gasteiger partial charge < -0.3 is 10.2 Å². The summed E-state index contributed by atoms with van der Waals surface area (Å²) in [6.07, 6.45) is 0. The minimum Gasteiger partial charge on any atom is -0.378 e. The lowest BCUT2D eigenvalue weighted by molar-refractivity contribution is 1.13. The molecule has 112 valence electrons. The van der Waals surface area contributed by atoms with Gasteiger partial charge in [-0.3, -0.25) is 0 Å². The first-order chi connectivity index (χ1) is 10.6. The van der Waals surface area contributed by atoms with Crippen molar-refractivity contribution in [2.75, 3.05) is 24.3 Å². The number of anilines is 3. The van der Waals surface area contributed by atoms with Crippen LogP contribution in [0.25, 0.3) is 11.3 Å². The number of hydrogen-bond donors (Lipinski definition) is 1. The van der Waals surface area contributed by atoms with Gasteiger partial charge in [-0.2, -0.15) is 0 Å². The highest BCUT2D eigenvalue weighted by atomic mass is 127. The van der Waals surface area contributed by atoms with E-state index in [1.54, 1.807) is 11.3 Å². The highest BCUT2D eigenvalue weighted by Crippen LogP contribution is 2.28. The Kier molecular flexibility index (Phi) is 4.63. The van der Waals surface area contributed by atoms with Crippen LogP contribution in [0.3, 0.4) is 0 Å². The zero-order valence-corrected chi connectivity index (χ0v) is 15.4. The predicted molar refractivity (Wildman–Crippen MR) is 104 cm³/mol. The summed E-state index contributed by atoms with van der Waals surface area (Å²) in [4.78, 5) is 6.76. The maximum Gasteiger partial charge on any atom is 0.187 e. The number of nitrogens with zero attached hydrogens (tertiary/aromatic N) is 2. The molecule has 0 aliphatic rings. The first-order valence-corrected chi connectivity index (χ1v) is 8.83. The van der Waals surface area contributed by atoms with Crippen molar-refractivity contribution >= 4 is 50.4 Å². The van der Waals surface area contributed by atoms with Gasteiger partial charge >= 0.3 is 0 Å². The Morgan fingerprint density at radius 1 is 1.00 bits per heavy atom. The van der Waals surface area contributed by atoms with Crippen LogP contribution in [0.4, 0.5) is 16.5 Å². The summed E-state index contributed by atoms with van der Waals surface area (Å²) in [5.41, 5.74) is 4.39. The second kappa shape index (κ2) is 6.66. The summed E-state index contributed by atoms with van der Waals surface area (Å²) >= 11 is 3.92. The van der Waals surface area contributed by atoms with E-state index < -0.39 is 0 Å². The molecule has 0 fully saturated rings. The van der Waals surface area contributed by atoms with Crippen LogP contribution in [0, 0.1) is 3.57 Å². The molecule has 22 heavy (non-hydrogen) atoms. The second-order valence-corrected chi connectivity index (χ2v) is 7.21. The van der Waals surface area contributed by atoms with Gasteiger partial charge in [0, 0.05) is 40.0 Å². The molecule has 0 atom stereocenters. The van der Waals surface area contributed by atoms with Gasteiger partial charge in [-0.25, -0.2) is 4.98 Å². The highest BCUT2D eigenvalue weighted by Gasteiger charge is 2.05. The van der Waals surface area contributed by atoms with Crippen molar-refractivity contribution in [3.63, 3.8) is 0 Å². The first-order valence-electron chi connectivity index (χ1n) is 6.88.